The van der Waals surface area contributed by atoms with Crippen molar-refractivity contribution in [2.45, 2.75) is 200 Å². The molecule has 0 saturated heterocycles. The van der Waals surface area contributed by atoms with Crippen molar-refractivity contribution in [1.29, 1.82) is 0 Å². The quantitative estimate of drug-likeness (QED) is 0.0383. The van der Waals surface area contributed by atoms with E-state index < -0.39 is 26.5 Å². The molecule has 0 fully saturated rings. The molecule has 2 atom stereocenters. The molecule has 0 rings (SSSR count). The Morgan fingerprint density at radius 3 is 1.38 bits per heavy atom. The average Bonchev–Trinajstić information content (AvgIpc) is 3.05. The maximum atomic E-state index is 12.5. The number of hydrogen-bond donors (Lipinski definition) is 1. The molecule has 0 aromatic rings. The van der Waals surface area contributed by atoms with Crippen molar-refractivity contribution >= 4 is 19.8 Å². The lowest BCUT2D eigenvalue weighted by molar-refractivity contribution is -0.228. The molecule has 0 radical (unpaired) electrons. The normalized spacial score (nSPS) is 13.4. The lowest BCUT2D eigenvalue weighted by Gasteiger charge is -2.25. The van der Waals surface area contributed by atoms with Crippen molar-refractivity contribution in [2.75, 3.05) is 26.4 Å². The molecular weight excluding hydrogens is 617 g/mol. The van der Waals surface area contributed by atoms with Gasteiger partial charge in [0.25, 0.3) is 7.82 Å². The van der Waals surface area contributed by atoms with Gasteiger partial charge in [-0.3, -0.25) is 14.2 Å². The second-order valence-electron chi connectivity index (χ2n) is 13.1. The Balaban J connectivity index is 4.32. The first-order valence-electron chi connectivity index (χ1n) is 19.5. The van der Waals surface area contributed by atoms with E-state index in [1.54, 1.807) is 0 Å². The van der Waals surface area contributed by atoms with E-state index in [0.717, 1.165) is 32.1 Å². The first-order chi connectivity index (χ1) is 22.8. The highest BCUT2D eigenvalue weighted by Crippen LogP contribution is 2.38. The van der Waals surface area contributed by atoms with E-state index in [1.165, 1.54) is 116 Å². The van der Waals surface area contributed by atoms with Crippen LogP contribution in [0.25, 0.3) is 0 Å². The predicted octanol–water partition coefficient (Wildman–Crippen LogP) is 9.86. The Bertz CT molecular complexity index is 754. The number of hydrogen-bond acceptors (Lipinski definition) is 9. The van der Waals surface area contributed by atoms with Crippen molar-refractivity contribution in [2.24, 2.45) is 5.73 Å². The first kappa shape index (κ1) is 46.0. The largest absolute Gasteiger partial charge is 0.756 e. The summed E-state index contributed by atoms with van der Waals surface area (Å²) < 4.78 is 32.8. The van der Waals surface area contributed by atoms with E-state index in [1.807, 2.05) is 0 Å². The molecule has 0 heterocycles. The highest BCUT2D eigenvalue weighted by atomic mass is 31.2. The molecule has 0 aliphatic carbocycles. The summed E-state index contributed by atoms with van der Waals surface area (Å²) >= 11 is 0. The molecule has 0 aliphatic rings. The summed E-state index contributed by atoms with van der Waals surface area (Å²) in [4.78, 5) is 37.1. The van der Waals surface area contributed by atoms with Gasteiger partial charge in [-0.2, -0.15) is 0 Å². The first-order valence-corrected chi connectivity index (χ1v) is 21.0. The van der Waals surface area contributed by atoms with Crippen LogP contribution in [0, 0.1) is 0 Å². The van der Waals surface area contributed by atoms with Gasteiger partial charge in [0.05, 0.1) is 13.2 Å². The molecular formula is C37H73NO8P-. The van der Waals surface area contributed by atoms with Crippen molar-refractivity contribution in [3.8, 4) is 0 Å². The smallest absolute Gasteiger partial charge is 0.306 e. The number of unbranched alkanes of at least 4 members (excludes halogenated alkanes) is 23. The van der Waals surface area contributed by atoms with Crippen LogP contribution in [0.1, 0.15) is 194 Å². The summed E-state index contributed by atoms with van der Waals surface area (Å²) in [5, 5.41) is 0. The van der Waals surface area contributed by atoms with E-state index in [0.29, 0.717) is 25.8 Å². The van der Waals surface area contributed by atoms with E-state index in [2.05, 4.69) is 13.8 Å². The molecule has 9 nitrogen and oxygen atoms in total. The molecule has 0 bridgehead atoms. The number of esters is 2. The highest BCUT2D eigenvalue weighted by molar-refractivity contribution is 7.45. The summed E-state index contributed by atoms with van der Waals surface area (Å²) in [6.45, 7) is 4.16. The van der Waals surface area contributed by atoms with E-state index in [9.17, 15) is 19.0 Å². The Labute approximate surface area is 288 Å². The van der Waals surface area contributed by atoms with Crippen LogP contribution < -0.4 is 10.6 Å². The van der Waals surface area contributed by atoms with E-state index in [-0.39, 0.29) is 32.0 Å². The molecule has 0 aromatic carbocycles. The van der Waals surface area contributed by atoms with Gasteiger partial charge in [0.1, 0.15) is 6.61 Å². The van der Waals surface area contributed by atoms with Gasteiger partial charge in [-0.25, -0.2) is 0 Å². The topological polar surface area (TPSA) is 137 Å². The summed E-state index contributed by atoms with van der Waals surface area (Å²) in [5.74, 6) is -0.838. The fourth-order valence-electron chi connectivity index (χ4n) is 5.47. The zero-order chi connectivity index (χ0) is 34.7. The Kier molecular flexibility index (Phi) is 34.1. The van der Waals surface area contributed by atoms with Gasteiger partial charge in [-0.15, -0.1) is 0 Å². The number of rotatable bonds is 37. The lowest BCUT2D eigenvalue weighted by atomic mass is 10.0. The van der Waals surface area contributed by atoms with E-state index in [4.69, 9.17) is 24.3 Å². The highest BCUT2D eigenvalue weighted by Gasteiger charge is 2.21. The predicted molar refractivity (Wildman–Crippen MR) is 190 cm³/mol. The van der Waals surface area contributed by atoms with Crippen LogP contribution in [0.15, 0.2) is 0 Å². The lowest BCUT2D eigenvalue weighted by Crippen LogP contribution is -2.30. The number of ether oxygens (including phenoxy) is 2. The second-order valence-corrected chi connectivity index (χ2v) is 14.6. The van der Waals surface area contributed by atoms with E-state index >= 15 is 0 Å². The fraction of sp³-hybridized carbons (Fsp3) is 0.946. The van der Waals surface area contributed by atoms with Crippen molar-refractivity contribution in [3.05, 3.63) is 0 Å². The maximum absolute atomic E-state index is 12.5. The SMILES string of the molecule is CCCCCCCCCCCCCCCC(=O)O[C@@H](COC(=O)CCCCCCCCCCCCC)COP(=O)([O-])OCCCCN. The monoisotopic (exact) mass is 691 g/mol. The van der Waals surface area contributed by atoms with Gasteiger partial charge in [0, 0.05) is 12.8 Å². The minimum absolute atomic E-state index is 0.0323. The summed E-state index contributed by atoms with van der Waals surface area (Å²) in [7, 11) is -4.59. The van der Waals surface area contributed by atoms with Crippen LogP contribution in [0.2, 0.25) is 0 Å². The minimum atomic E-state index is -4.59. The van der Waals surface area contributed by atoms with Crippen LogP contribution in [0.5, 0.6) is 0 Å². The Hall–Kier alpha value is -0.990. The number of carbonyl (C=O) groups is 2. The molecule has 0 amide bonds. The molecule has 10 heteroatoms. The third kappa shape index (κ3) is 34.7. The van der Waals surface area contributed by atoms with Crippen molar-refractivity contribution in [3.63, 3.8) is 0 Å². The average molecular weight is 691 g/mol. The van der Waals surface area contributed by atoms with Crippen LogP contribution in [0.4, 0.5) is 0 Å². The van der Waals surface area contributed by atoms with Gasteiger partial charge in [0.2, 0.25) is 0 Å². The summed E-state index contributed by atoms with van der Waals surface area (Å²) in [6, 6.07) is 0. The molecule has 0 aliphatic heterocycles. The van der Waals surface area contributed by atoms with Crippen molar-refractivity contribution < 1.29 is 37.6 Å². The standard InChI is InChI=1S/C37H74NO8P/c1-3-5-7-9-11-13-15-16-18-20-22-24-26-30-37(40)46-35(34-45-47(41,42)44-32-28-27-31-38)33-43-36(39)29-25-23-21-19-17-14-12-10-8-6-4-2/h35H,3-34,38H2,1-2H3,(H,41,42)/p-1/t35-/m0/s1. The van der Waals surface area contributed by atoms with Gasteiger partial charge in [-0.05, 0) is 32.2 Å². The molecule has 0 aromatic heterocycles. The summed E-state index contributed by atoms with van der Waals surface area (Å²) in [5.41, 5.74) is 5.43. The third-order valence-electron chi connectivity index (χ3n) is 8.46. The maximum Gasteiger partial charge on any atom is 0.306 e. The fourth-order valence-corrected chi connectivity index (χ4v) is 6.25. The van der Waals surface area contributed by atoms with Gasteiger partial charge < -0.3 is 29.1 Å². The van der Waals surface area contributed by atoms with Crippen molar-refractivity contribution in [1.82, 2.24) is 0 Å². The van der Waals surface area contributed by atoms with Gasteiger partial charge >= 0.3 is 11.9 Å². The van der Waals surface area contributed by atoms with Crippen LogP contribution in [-0.2, 0) is 32.7 Å². The molecule has 280 valence electrons. The number of carbonyl (C=O) groups excluding carboxylic acids is 2. The Morgan fingerprint density at radius 1 is 0.553 bits per heavy atom. The molecule has 0 saturated carbocycles. The molecule has 47 heavy (non-hydrogen) atoms. The second kappa shape index (κ2) is 34.9. The number of nitrogens with two attached hydrogens (primary N) is 1. The minimum Gasteiger partial charge on any atom is -0.756 e. The number of phosphoric acid groups is 1. The van der Waals surface area contributed by atoms with Crippen LogP contribution in [0.3, 0.4) is 0 Å². The molecule has 2 N–H and O–H groups in total. The van der Waals surface area contributed by atoms with Gasteiger partial charge in [-0.1, -0.05) is 155 Å². The zero-order valence-electron chi connectivity index (χ0n) is 30.5. The molecule has 1 unspecified atom stereocenters. The molecule has 0 spiro atoms. The van der Waals surface area contributed by atoms with Crippen LogP contribution in [-0.4, -0.2) is 44.4 Å². The zero-order valence-corrected chi connectivity index (χ0v) is 31.4. The number of phosphoric ester groups is 1. The van der Waals surface area contributed by atoms with Crippen LogP contribution >= 0.6 is 7.82 Å². The summed E-state index contributed by atoms with van der Waals surface area (Å²) in [6.07, 6.45) is 29.4. The van der Waals surface area contributed by atoms with Gasteiger partial charge in [0.15, 0.2) is 6.10 Å². The Morgan fingerprint density at radius 2 is 0.957 bits per heavy atom. The third-order valence-corrected chi connectivity index (χ3v) is 9.43.